The molecule has 0 saturated carbocycles. The molecule has 310 valence electrons. The zero-order valence-corrected chi connectivity index (χ0v) is 35.1. The number of allylic oxidation sites excluding steroid dienone is 16. The molecule has 55 heavy (non-hydrogen) atoms. The molecule has 0 N–H and O–H groups in total. The Bertz CT molecular complexity index is 1150. The molecular formula is C49H78O6. The summed E-state index contributed by atoms with van der Waals surface area (Å²) in [5.74, 6) is -1.04. The number of rotatable bonds is 37. The van der Waals surface area contributed by atoms with Crippen LogP contribution in [-0.4, -0.2) is 37.2 Å². The van der Waals surface area contributed by atoms with Crippen molar-refractivity contribution < 1.29 is 28.6 Å². The molecule has 0 rings (SSSR count). The minimum absolute atomic E-state index is 0.113. The van der Waals surface area contributed by atoms with Gasteiger partial charge in [-0.15, -0.1) is 0 Å². The van der Waals surface area contributed by atoms with Crippen molar-refractivity contribution in [1.29, 1.82) is 0 Å². The van der Waals surface area contributed by atoms with Gasteiger partial charge in [0.25, 0.3) is 0 Å². The van der Waals surface area contributed by atoms with E-state index in [9.17, 15) is 14.4 Å². The van der Waals surface area contributed by atoms with Gasteiger partial charge < -0.3 is 14.2 Å². The minimum atomic E-state index is -0.817. The molecule has 6 heteroatoms. The van der Waals surface area contributed by atoms with Gasteiger partial charge in [-0.1, -0.05) is 169 Å². The number of carbonyl (C=O) groups is 3. The molecule has 1 atom stereocenters. The molecular weight excluding hydrogens is 685 g/mol. The summed E-state index contributed by atoms with van der Waals surface area (Å²) in [7, 11) is 0. The molecule has 0 fully saturated rings. The lowest BCUT2D eigenvalue weighted by atomic mass is 10.1. The van der Waals surface area contributed by atoms with Crippen LogP contribution < -0.4 is 0 Å². The maximum Gasteiger partial charge on any atom is 0.306 e. The molecule has 0 aliphatic rings. The molecule has 0 bridgehead atoms. The first-order chi connectivity index (χ1) is 27.0. The third-order valence-corrected chi connectivity index (χ3v) is 8.60. The number of ether oxygens (including phenoxy) is 3. The largest absolute Gasteiger partial charge is 0.462 e. The maximum absolute atomic E-state index is 12.6. The first-order valence-electron chi connectivity index (χ1n) is 21.7. The van der Waals surface area contributed by atoms with Crippen molar-refractivity contribution in [2.24, 2.45) is 0 Å². The number of esters is 3. The van der Waals surface area contributed by atoms with Crippen molar-refractivity contribution in [3.8, 4) is 0 Å². The summed E-state index contributed by atoms with van der Waals surface area (Å²) in [5.41, 5.74) is 0. The fourth-order valence-electron chi connectivity index (χ4n) is 5.38. The van der Waals surface area contributed by atoms with Gasteiger partial charge in [-0.05, 0) is 83.5 Å². The fourth-order valence-corrected chi connectivity index (χ4v) is 5.38. The predicted molar refractivity (Wildman–Crippen MR) is 233 cm³/mol. The standard InChI is InChI=1S/C49H78O6/c1-4-7-10-13-15-17-19-21-22-23-24-25-26-28-29-31-33-36-39-42-48(51)54-45-46(44-53-47(50)41-38-35-12-9-6-3)55-49(52)43-40-37-34-32-30-27-20-18-16-14-11-8-5-2/h7-8,10-11,15-18,21-22,24-25,27,30,34,37,46H,4-6,9,12-14,19-20,23,26,28-29,31-33,35-36,38-45H2,1-3H3/b10-7-,11-8-,17-15-,18-16-,22-21-,25-24-,30-27-,37-34-. The zero-order valence-electron chi connectivity index (χ0n) is 35.1. The Morgan fingerprint density at radius 2 is 0.745 bits per heavy atom. The molecule has 0 aromatic rings. The molecule has 1 unspecified atom stereocenters. The third-order valence-electron chi connectivity index (χ3n) is 8.60. The Labute approximate surface area is 337 Å². The average Bonchev–Trinajstić information content (AvgIpc) is 3.18. The van der Waals surface area contributed by atoms with Crippen LogP contribution in [0.5, 0.6) is 0 Å². The van der Waals surface area contributed by atoms with Crippen molar-refractivity contribution in [1.82, 2.24) is 0 Å². The van der Waals surface area contributed by atoms with Crippen LogP contribution in [0.4, 0.5) is 0 Å². The van der Waals surface area contributed by atoms with Crippen LogP contribution in [-0.2, 0) is 28.6 Å². The molecule has 0 saturated heterocycles. The van der Waals surface area contributed by atoms with Crippen LogP contribution in [0, 0.1) is 0 Å². The van der Waals surface area contributed by atoms with Crippen molar-refractivity contribution in [3.63, 3.8) is 0 Å². The molecule has 0 aromatic heterocycles. The van der Waals surface area contributed by atoms with Gasteiger partial charge in [-0.25, -0.2) is 0 Å². The van der Waals surface area contributed by atoms with Gasteiger partial charge in [0.2, 0.25) is 0 Å². The van der Waals surface area contributed by atoms with Crippen LogP contribution in [0.15, 0.2) is 97.2 Å². The second-order valence-electron chi connectivity index (χ2n) is 13.8. The molecule has 0 spiro atoms. The van der Waals surface area contributed by atoms with Crippen molar-refractivity contribution >= 4 is 17.9 Å². The van der Waals surface area contributed by atoms with E-state index in [2.05, 4.69) is 106 Å². The first kappa shape index (κ1) is 51.3. The van der Waals surface area contributed by atoms with Gasteiger partial charge in [-0.3, -0.25) is 14.4 Å². The Hall–Kier alpha value is -3.67. The predicted octanol–water partition coefficient (Wildman–Crippen LogP) is 13.9. The number of hydrogen-bond donors (Lipinski definition) is 0. The van der Waals surface area contributed by atoms with E-state index in [-0.39, 0.29) is 31.6 Å². The quantitative estimate of drug-likeness (QED) is 0.0271. The SMILES string of the molecule is CC/C=C\C/C=C\C/C=C\C/C=C\CCCCCCCCC(=O)OCC(COC(=O)CCCCCCC)OC(=O)CC/C=C\C/C=C\C/C=C\C/C=C\CC. The van der Waals surface area contributed by atoms with Crippen molar-refractivity contribution in [2.45, 2.75) is 181 Å². The zero-order chi connectivity index (χ0) is 40.1. The normalized spacial score (nSPS) is 13.0. The number of hydrogen-bond acceptors (Lipinski definition) is 6. The van der Waals surface area contributed by atoms with E-state index in [1.807, 2.05) is 12.2 Å². The summed E-state index contributed by atoms with van der Waals surface area (Å²) in [6.07, 6.45) is 55.8. The van der Waals surface area contributed by atoms with E-state index < -0.39 is 12.1 Å². The molecule has 0 aromatic carbocycles. The molecule has 0 aliphatic heterocycles. The highest BCUT2D eigenvalue weighted by atomic mass is 16.6. The lowest BCUT2D eigenvalue weighted by Gasteiger charge is -2.18. The van der Waals surface area contributed by atoms with Crippen LogP contribution in [0.25, 0.3) is 0 Å². The van der Waals surface area contributed by atoms with Gasteiger partial charge in [0.15, 0.2) is 6.10 Å². The Morgan fingerprint density at radius 3 is 1.18 bits per heavy atom. The molecule has 0 amide bonds. The van der Waals surface area contributed by atoms with E-state index in [0.717, 1.165) is 116 Å². The van der Waals surface area contributed by atoms with Crippen LogP contribution >= 0.6 is 0 Å². The number of carbonyl (C=O) groups excluding carboxylic acids is 3. The summed E-state index contributed by atoms with van der Waals surface area (Å²) >= 11 is 0. The first-order valence-corrected chi connectivity index (χ1v) is 21.7. The summed E-state index contributed by atoms with van der Waals surface area (Å²) in [6.45, 7) is 6.21. The van der Waals surface area contributed by atoms with Gasteiger partial charge >= 0.3 is 17.9 Å². The van der Waals surface area contributed by atoms with Crippen LogP contribution in [0.1, 0.15) is 175 Å². The van der Waals surface area contributed by atoms with E-state index >= 15 is 0 Å². The van der Waals surface area contributed by atoms with E-state index in [1.54, 1.807) is 0 Å². The fraction of sp³-hybridized carbons (Fsp3) is 0.612. The third kappa shape index (κ3) is 41.3. The summed E-state index contributed by atoms with van der Waals surface area (Å²) < 4.78 is 16.5. The van der Waals surface area contributed by atoms with Gasteiger partial charge in [0.05, 0.1) is 0 Å². The summed E-state index contributed by atoms with van der Waals surface area (Å²) in [4.78, 5) is 37.4. The Balaban J connectivity index is 4.35. The van der Waals surface area contributed by atoms with Crippen LogP contribution in [0.3, 0.4) is 0 Å². The maximum atomic E-state index is 12.6. The van der Waals surface area contributed by atoms with E-state index in [4.69, 9.17) is 14.2 Å². The summed E-state index contributed by atoms with van der Waals surface area (Å²) in [5, 5.41) is 0. The summed E-state index contributed by atoms with van der Waals surface area (Å²) in [6, 6.07) is 0. The monoisotopic (exact) mass is 763 g/mol. The van der Waals surface area contributed by atoms with Crippen molar-refractivity contribution in [3.05, 3.63) is 97.2 Å². The Kier molecular flexibility index (Phi) is 40.2. The van der Waals surface area contributed by atoms with E-state index in [0.29, 0.717) is 19.3 Å². The molecule has 0 aliphatic carbocycles. The van der Waals surface area contributed by atoms with Gasteiger partial charge in [0.1, 0.15) is 13.2 Å². The highest BCUT2D eigenvalue weighted by Crippen LogP contribution is 2.11. The second-order valence-corrected chi connectivity index (χ2v) is 13.8. The van der Waals surface area contributed by atoms with Gasteiger partial charge in [0, 0.05) is 19.3 Å². The van der Waals surface area contributed by atoms with E-state index in [1.165, 1.54) is 12.8 Å². The van der Waals surface area contributed by atoms with Gasteiger partial charge in [-0.2, -0.15) is 0 Å². The lowest BCUT2D eigenvalue weighted by Crippen LogP contribution is -2.30. The smallest absolute Gasteiger partial charge is 0.306 e. The van der Waals surface area contributed by atoms with Crippen LogP contribution in [0.2, 0.25) is 0 Å². The lowest BCUT2D eigenvalue weighted by molar-refractivity contribution is -0.166. The average molecular weight is 763 g/mol. The number of unbranched alkanes of at least 4 members (excludes halogenated alkanes) is 10. The van der Waals surface area contributed by atoms with Crippen molar-refractivity contribution in [2.75, 3.05) is 13.2 Å². The second kappa shape index (κ2) is 43.1. The topological polar surface area (TPSA) is 78.9 Å². The molecule has 0 radical (unpaired) electrons. The minimum Gasteiger partial charge on any atom is -0.462 e. The Morgan fingerprint density at radius 1 is 0.382 bits per heavy atom. The highest BCUT2D eigenvalue weighted by Gasteiger charge is 2.19. The molecule has 6 nitrogen and oxygen atoms in total. The highest BCUT2D eigenvalue weighted by molar-refractivity contribution is 5.71. The molecule has 0 heterocycles.